The van der Waals surface area contributed by atoms with E-state index >= 15 is 0 Å². The molecule has 0 saturated heterocycles. The molecule has 1 N–H and O–H groups in total. The number of rotatable bonds is 4. The molecule has 3 rings (SSSR count). The van der Waals surface area contributed by atoms with Gasteiger partial charge in [-0.3, -0.25) is 0 Å². The van der Waals surface area contributed by atoms with Gasteiger partial charge in [-0.2, -0.15) is 5.11 Å². The van der Waals surface area contributed by atoms with Crippen molar-refractivity contribution in [2.24, 2.45) is 10.2 Å². The highest BCUT2D eigenvalue weighted by Crippen LogP contribution is 2.45. The highest BCUT2D eigenvalue weighted by Gasteiger charge is 2.18. The van der Waals surface area contributed by atoms with Gasteiger partial charge in [0.1, 0.15) is 17.2 Å². The second-order valence-electron chi connectivity index (χ2n) is 5.36. The molecular formula is C20H16N2O3. The van der Waals surface area contributed by atoms with Crippen LogP contribution in [0.25, 0.3) is 10.8 Å². The maximum Gasteiger partial charge on any atom is 0.335 e. The van der Waals surface area contributed by atoms with Gasteiger partial charge in [-0.1, -0.05) is 49.0 Å². The number of azo groups is 1. The van der Waals surface area contributed by atoms with Crippen LogP contribution in [0.3, 0.4) is 0 Å². The maximum absolute atomic E-state index is 11.6. The predicted octanol–water partition coefficient (Wildman–Crippen LogP) is 5.36. The topological polar surface area (TPSA) is 71.2 Å². The van der Waals surface area contributed by atoms with Crippen molar-refractivity contribution in [2.45, 2.75) is 6.92 Å². The molecule has 0 aliphatic heterocycles. The van der Waals surface area contributed by atoms with Crippen LogP contribution in [0.15, 0.2) is 77.5 Å². The molecule has 0 heterocycles. The Morgan fingerprint density at radius 3 is 2.36 bits per heavy atom. The number of hydrogen-bond acceptors (Lipinski definition) is 5. The summed E-state index contributed by atoms with van der Waals surface area (Å²) in [4.78, 5) is 11.6. The number of carbonyl (C=O) groups excluding carboxylic acids is 1. The summed E-state index contributed by atoms with van der Waals surface area (Å²) in [6.45, 7) is 5.06. The number of hydrogen-bond donors (Lipinski definition) is 1. The van der Waals surface area contributed by atoms with E-state index in [1.807, 2.05) is 42.5 Å². The molecule has 3 aromatic rings. The van der Waals surface area contributed by atoms with E-state index in [1.165, 1.54) is 0 Å². The molecule has 124 valence electrons. The summed E-state index contributed by atoms with van der Waals surface area (Å²) >= 11 is 0. The lowest BCUT2D eigenvalue weighted by Gasteiger charge is -2.13. The van der Waals surface area contributed by atoms with Crippen molar-refractivity contribution in [3.05, 3.63) is 72.8 Å². The van der Waals surface area contributed by atoms with Crippen LogP contribution in [0.1, 0.15) is 5.56 Å². The first-order valence-electron chi connectivity index (χ1n) is 7.67. The second kappa shape index (κ2) is 6.97. The van der Waals surface area contributed by atoms with Crippen LogP contribution in [-0.2, 0) is 4.79 Å². The van der Waals surface area contributed by atoms with E-state index in [2.05, 4.69) is 16.8 Å². The van der Waals surface area contributed by atoms with Gasteiger partial charge in [0.15, 0.2) is 0 Å². The smallest absolute Gasteiger partial charge is 0.335 e. The molecule has 0 aliphatic rings. The number of aromatic hydroxyl groups is 1. The molecule has 0 unspecified atom stereocenters. The normalized spacial score (nSPS) is 10.9. The molecule has 5 nitrogen and oxygen atoms in total. The third kappa shape index (κ3) is 3.26. The summed E-state index contributed by atoms with van der Waals surface area (Å²) in [6.07, 6.45) is 1.08. The van der Waals surface area contributed by atoms with Crippen LogP contribution >= 0.6 is 0 Å². The Balaban J connectivity index is 2.19. The van der Waals surface area contributed by atoms with Gasteiger partial charge in [0.25, 0.3) is 0 Å². The van der Waals surface area contributed by atoms with Crippen LogP contribution < -0.4 is 4.74 Å². The Hall–Kier alpha value is -3.47. The van der Waals surface area contributed by atoms with Gasteiger partial charge >= 0.3 is 5.97 Å². The van der Waals surface area contributed by atoms with Crippen molar-refractivity contribution in [3.63, 3.8) is 0 Å². The molecule has 25 heavy (non-hydrogen) atoms. The lowest BCUT2D eigenvalue weighted by Crippen LogP contribution is -2.05. The van der Waals surface area contributed by atoms with E-state index in [-0.39, 0.29) is 11.5 Å². The predicted molar refractivity (Wildman–Crippen MR) is 96.8 cm³/mol. The van der Waals surface area contributed by atoms with Gasteiger partial charge in [0.05, 0.1) is 5.69 Å². The molecule has 0 saturated carbocycles. The first-order valence-corrected chi connectivity index (χ1v) is 7.67. The molecule has 0 aliphatic carbocycles. The Bertz CT molecular complexity index is 979. The summed E-state index contributed by atoms with van der Waals surface area (Å²) in [5.74, 6) is -0.381. The average molecular weight is 332 g/mol. The lowest BCUT2D eigenvalue weighted by molar-refractivity contribution is -0.128. The van der Waals surface area contributed by atoms with E-state index in [1.54, 1.807) is 19.1 Å². The summed E-state index contributed by atoms with van der Waals surface area (Å²) < 4.78 is 5.32. The largest absolute Gasteiger partial charge is 0.505 e. The van der Waals surface area contributed by atoms with Crippen LogP contribution in [-0.4, -0.2) is 11.1 Å². The van der Waals surface area contributed by atoms with Crippen molar-refractivity contribution in [1.29, 1.82) is 0 Å². The molecule has 5 heteroatoms. The maximum atomic E-state index is 11.6. The number of nitrogens with zero attached hydrogens (tertiary/aromatic N) is 2. The summed E-state index contributed by atoms with van der Waals surface area (Å²) in [5.41, 5.74) is 1.41. The molecular weight excluding hydrogens is 316 g/mol. The number of phenolic OH excluding ortho intramolecular Hbond substituents is 1. The number of phenols is 1. The first kappa shape index (κ1) is 16.4. The average Bonchev–Trinajstić information content (AvgIpc) is 2.66. The number of carbonyl (C=O) groups is 1. The fourth-order valence-corrected chi connectivity index (χ4v) is 2.48. The van der Waals surface area contributed by atoms with E-state index in [0.29, 0.717) is 27.7 Å². The SMILES string of the molecule is C=CC(=O)Oc1c(C)c(O)c(N=Nc2ccccc2)c2ccccc12. The molecule has 0 aromatic heterocycles. The molecule has 0 spiro atoms. The minimum Gasteiger partial charge on any atom is -0.505 e. The molecule has 0 amide bonds. The lowest BCUT2D eigenvalue weighted by atomic mass is 10.0. The summed E-state index contributed by atoms with van der Waals surface area (Å²) in [5, 5.41) is 20.3. The molecule has 0 radical (unpaired) electrons. The fraction of sp³-hybridized carbons (Fsp3) is 0.0500. The van der Waals surface area contributed by atoms with Crippen LogP contribution in [0.2, 0.25) is 0 Å². The quantitative estimate of drug-likeness (QED) is 0.302. The zero-order valence-electron chi connectivity index (χ0n) is 13.6. The van der Waals surface area contributed by atoms with E-state index in [0.717, 1.165) is 6.08 Å². The number of fused-ring (bicyclic) bond motifs is 1. The van der Waals surface area contributed by atoms with Crippen LogP contribution in [0.5, 0.6) is 11.5 Å². The standard InChI is InChI=1S/C20H16N2O3/c1-3-17(23)25-20-13(2)19(24)18(15-11-7-8-12-16(15)20)22-21-14-9-5-4-6-10-14/h3-12,24H,1H2,2H3. The van der Waals surface area contributed by atoms with Crippen molar-refractivity contribution >= 4 is 28.1 Å². The van der Waals surface area contributed by atoms with Gasteiger partial charge < -0.3 is 9.84 Å². The molecule has 0 atom stereocenters. The molecule has 0 bridgehead atoms. The van der Waals surface area contributed by atoms with Gasteiger partial charge in [-0.15, -0.1) is 5.11 Å². The third-order valence-electron chi connectivity index (χ3n) is 3.74. The van der Waals surface area contributed by atoms with E-state index in [4.69, 9.17) is 4.74 Å². The molecule has 3 aromatic carbocycles. The van der Waals surface area contributed by atoms with Crippen LogP contribution in [0.4, 0.5) is 11.4 Å². The Morgan fingerprint density at radius 1 is 1.04 bits per heavy atom. The Morgan fingerprint density at radius 2 is 1.68 bits per heavy atom. The Labute approximate surface area is 144 Å². The summed E-state index contributed by atoms with van der Waals surface area (Å²) in [6, 6.07) is 16.5. The second-order valence-corrected chi connectivity index (χ2v) is 5.36. The van der Waals surface area contributed by atoms with E-state index < -0.39 is 5.97 Å². The first-order chi connectivity index (χ1) is 12.1. The van der Waals surface area contributed by atoms with E-state index in [9.17, 15) is 9.90 Å². The van der Waals surface area contributed by atoms with Gasteiger partial charge in [0.2, 0.25) is 0 Å². The van der Waals surface area contributed by atoms with Crippen molar-refractivity contribution in [2.75, 3.05) is 0 Å². The van der Waals surface area contributed by atoms with Crippen molar-refractivity contribution in [1.82, 2.24) is 0 Å². The minimum atomic E-state index is -0.591. The Kier molecular flexibility index (Phi) is 4.57. The number of benzene rings is 3. The zero-order chi connectivity index (χ0) is 17.8. The minimum absolute atomic E-state index is 0.0785. The van der Waals surface area contributed by atoms with Gasteiger partial charge in [0, 0.05) is 22.4 Å². The van der Waals surface area contributed by atoms with Gasteiger partial charge in [-0.25, -0.2) is 4.79 Å². The molecule has 0 fully saturated rings. The third-order valence-corrected chi connectivity index (χ3v) is 3.74. The zero-order valence-corrected chi connectivity index (χ0v) is 13.6. The van der Waals surface area contributed by atoms with Crippen molar-refractivity contribution < 1.29 is 14.6 Å². The van der Waals surface area contributed by atoms with Gasteiger partial charge in [-0.05, 0) is 19.1 Å². The number of esters is 1. The summed E-state index contributed by atoms with van der Waals surface area (Å²) in [7, 11) is 0. The highest BCUT2D eigenvalue weighted by atomic mass is 16.5. The van der Waals surface area contributed by atoms with Crippen LogP contribution in [0, 0.1) is 6.92 Å². The number of ether oxygens (including phenoxy) is 1. The highest BCUT2D eigenvalue weighted by molar-refractivity contribution is 6.02. The monoisotopic (exact) mass is 332 g/mol. The van der Waals surface area contributed by atoms with Crippen molar-refractivity contribution in [3.8, 4) is 11.5 Å². The fourth-order valence-electron chi connectivity index (χ4n) is 2.48.